The summed E-state index contributed by atoms with van der Waals surface area (Å²) in [6.07, 6.45) is 2.36. The normalized spacial score (nSPS) is 16.1. The van der Waals surface area contributed by atoms with Crippen molar-refractivity contribution < 1.29 is 14.7 Å². The fourth-order valence-corrected chi connectivity index (χ4v) is 1.87. The van der Waals surface area contributed by atoms with Gasteiger partial charge < -0.3 is 15.3 Å². The molecule has 5 nitrogen and oxygen atoms in total. The number of nitrogens with one attached hydrogen (secondary N) is 1. The van der Waals surface area contributed by atoms with E-state index < -0.39 is 16.9 Å². The van der Waals surface area contributed by atoms with Gasteiger partial charge in [-0.1, -0.05) is 0 Å². The van der Waals surface area contributed by atoms with Gasteiger partial charge in [0, 0.05) is 12.6 Å². The van der Waals surface area contributed by atoms with Crippen molar-refractivity contribution in [2.75, 3.05) is 6.54 Å². The number of carbonyl (C=O) groups excluding carboxylic acids is 1. The Morgan fingerprint density at radius 3 is 2.10 bits per heavy atom. The van der Waals surface area contributed by atoms with Crippen molar-refractivity contribution in [3.63, 3.8) is 0 Å². The van der Waals surface area contributed by atoms with Crippen LogP contribution in [0.2, 0.25) is 0 Å². The van der Waals surface area contributed by atoms with Gasteiger partial charge in [-0.2, -0.15) is 0 Å². The zero-order valence-electron chi connectivity index (χ0n) is 13.5. The number of rotatable bonds is 6. The molecular formula is C15H28N2O3. The Bertz CT molecular complexity index is 385. The number of carboxylic acids is 1. The van der Waals surface area contributed by atoms with Gasteiger partial charge in [-0.25, -0.2) is 4.79 Å². The van der Waals surface area contributed by atoms with E-state index in [4.69, 9.17) is 0 Å². The lowest BCUT2D eigenvalue weighted by molar-refractivity contribution is -0.150. The molecule has 0 bridgehead atoms. The summed E-state index contributed by atoms with van der Waals surface area (Å²) < 4.78 is 0. The molecule has 1 fully saturated rings. The van der Waals surface area contributed by atoms with Crippen LogP contribution < -0.4 is 5.32 Å². The molecule has 1 saturated carbocycles. The largest absolute Gasteiger partial charge is 0.481 e. The Hall–Kier alpha value is -1.26. The first-order valence-corrected chi connectivity index (χ1v) is 7.31. The molecule has 0 unspecified atom stereocenters. The van der Waals surface area contributed by atoms with Crippen molar-refractivity contribution >= 4 is 12.0 Å². The van der Waals surface area contributed by atoms with Crippen LogP contribution in [0.15, 0.2) is 0 Å². The first-order chi connectivity index (χ1) is 8.99. The molecule has 2 amide bonds. The minimum atomic E-state index is -1.04. The number of urea groups is 1. The number of carbonyl (C=O) groups is 2. The fraction of sp³-hybridized carbons (Fsp3) is 0.867. The first-order valence-electron chi connectivity index (χ1n) is 7.31. The van der Waals surface area contributed by atoms with Crippen molar-refractivity contribution in [1.82, 2.24) is 10.2 Å². The molecule has 0 aromatic carbocycles. The number of hydrogen-bond donors (Lipinski definition) is 2. The molecule has 1 aliphatic rings. The lowest BCUT2D eigenvalue weighted by Crippen LogP contribution is -2.60. The second kappa shape index (κ2) is 5.62. The third-order valence-corrected chi connectivity index (χ3v) is 4.55. The zero-order chi connectivity index (χ0) is 15.7. The van der Waals surface area contributed by atoms with Crippen molar-refractivity contribution in [1.29, 1.82) is 0 Å². The van der Waals surface area contributed by atoms with E-state index in [2.05, 4.69) is 5.32 Å². The molecule has 116 valence electrons. The molecule has 0 atom stereocenters. The number of carboxylic acid groups (broad SMARTS) is 1. The predicted molar refractivity (Wildman–Crippen MR) is 78.6 cm³/mol. The molecule has 0 aromatic heterocycles. The van der Waals surface area contributed by atoms with Crippen molar-refractivity contribution in [3.8, 4) is 0 Å². The van der Waals surface area contributed by atoms with Crippen molar-refractivity contribution in [3.05, 3.63) is 0 Å². The van der Waals surface area contributed by atoms with Crippen LogP contribution in [-0.2, 0) is 4.79 Å². The average molecular weight is 284 g/mol. The predicted octanol–water partition coefficient (Wildman–Crippen LogP) is 2.71. The van der Waals surface area contributed by atoms with Gasteiger partial charge in [-0.3, -0.25) is 4.79 Å². The average Bonchev–Trinajstić information content (AvgIpc) is 3.07. The van der Waals surface area contributed by atoms with Gasteiger partial charge >= 0.3 is 12.0 Å². The summed E-state index contributed by atoms with van der Waals surface area (Å²) in [5.74, 6) is -0.306. The minimum Gasteiger partial charge on any atom is -0.481 e. The third-order valence-electron chi connectivity index (χ3n) is 4.55. The highest BCUT2D eigenvalue weighted by molar-refractivity contribution is 5.80. The number of amides is 2. The molecule has 0 aromatic rings. The Morgan fingerprint density at radius 2 is 1.75 bits per heavy atom. The first kappa shape index (κ1) is 16.8. The molecule has 0 saturated heterocycles. The molecule has 0 spiro atoms. The number of hydrogen-bond acceptors (Lipinski definition) is 2. The Balaban J connectivity index is 2.77. The second-order valence-electron chi connectivity index (χ2n) is 7.17. The van der Waals surface area contributed by atoms with Crippen molar-refractivity contribution in [2.45, 2.75) is 66.0 Å². The Labute approximate surface area is 121 Å². The summed E-state index contributed by atoms with van der Waals surface area (Å²) in [5, 5.41) is 12.2. The van der Waals surface area contributed by atoms with Crippen molar-refractivity contribution in [2.24, 2.45) is 11.3 Å². The van der Waals surface area contributed by atoms with Gasteiger partial charge in [0.1, 0.15) is 0 Å². The third kappa shape index (κ3) is 3.64. The quantitative estimate of drug-likeness (QED) is 0.788. The number of nitrogens with zero attached hydrogens (tertiary/aromatic N) is 1. The van der Waals surface area contributed by atoms with E-state index >= 15 is 0 Å². The molecule has 5 heteroatoms. The van der Waals surface area contributed by atoms with Crippen LogP contribution in [0.4, 0.5) is 4.79 Å². The summed E-state index contributed by atoms with van der Waals surface area (Å²) in [6.45, 7) is 11.5. The second-order valence-corrected chi connectivity index (χ2v) is 7.17. The maximum Gasteiger partial charge on any atom is 0.318 e. The van der Waals surface area contributed by atoms with Crippen LogP contribution >= 0.6 is 0 Å². The highest BCUT2D eigenvalue weighted by Crippen LogP contribution is 2.32. The van der Waals surface area contributed by atoms with E-state index in [0.29, 0.717) is 5.92 Å². The van der Waals surface area contributed by atoms with Gasteiger partial charge in [0.05, 0.1) is 11.0 Å². The summed E-state index contributed by atoms with van der Waals surface area (Å²) in [7, 11) is 0. The van der Waals surface area contributed by atoms with Crippen LogP contribution in [0.25, 0.3) is 0 Å². The summed E-state index contributed by atoms with van der Waals surface area (Å²) in [4.78, 5) is 25.6. The summed E-state index contributed by atoms with van der Waals surface area (Å²) >= 11 is 0. The molecule has 0 radical (unpaired) electrons. The standard InChI is InChI=1S/C15H28N2O3/c1-10(2)17(9-11-7-8-11)13(20)16-15(5,6)14(3,4)12(18)19/h10-11H,7-9H2,1-6H3,(H,16,20)(H,18,19). The fourth-order valence-electron chi connectivity index (χ4n) is 1.87. The zero-order valence-corrected chi connectivity index (χ0v) is 13.5. The monoisotopic (exact) mass is 284 g/mol. The van der Waals surface area contributed by atoms with E-state index in [9.17, 15) is 14.7 Å². The lowest BCUT2D eigenvalue weighted by Gasteiger charge is -2.41. The molecular weight excluding hydrogens is 256 g/mol. The van der Waals surface area contributed by atoms with Gasteiger partial charge in [-0.15, -0.1) is 0 Å². The SMILES string of the molecule is CC(C)N(CC1CC1)C(=O)NC(C)(C)C(C)(C)C(=O)O. The number of aliphatic carboxylic acids is 1. The highest BCUT2D eigenvalue weighted by Gasteiger charge is 2.45. The van der Waals surface area contributed by atoms with E-state index in [-0.39, 0.29) is 12.1 Å². The van der Waals surface area contributed by atoms with E-state index in [1.165, 1.54) is 12.8 Å². The molecule has 1 aliphatic carbocycles. The topological polar surface area (TPSA) is 69.6 Å². The van der Waals surface area contributed by atoms with Crippen LogP contribution in [-0.4, -0.2) is 40.1 Å². The maximum atomic E-state index is 12.5. The van der Waals surface area contributed by atoms with E-state index in [1.807, 2.05) is 13.8 Å². The Morgan fingerprint density at radius 1 is 1.25 bits per heavy atom. The van der Waals surface area contributed by atoms with Gasteiger partial charge in [0.2, 0.25) is 0 Å². The molecule has 0 aliphatic heterocycles. The molecule has 20 heavy (non-hydrogen) atoms. The molecule has 1 rings (SSSR count). The summed E-state index contributed by atoms with van der Waals surface area (Å²) in [5.41, 5.74) is -1.86. The Kier molecular flexibility index (Phi) is 4.72. The van der Waals surface area contributed by atoms with Crippen LogP contribution in [0.1, 0.15) is 54.4 Å². The van der Waals surface area contributed by atoms with Gasteiger partial charge in [-0.05, 0) is 60.3 Å². The van der Waals surface area contributed by atoms with Gasteiger partial charge in [0.15, 0.2) is 0 Å². The van der Waals surface area contributed by atoms with E-state index in [1.54, 1.807) is 32.6 Å². The minimum absolute atomic E-state index is 0.111. The molecule has 0 heterocycles. The maximum absolute atomic E-state index is 12.5. The van der Waals surface area contributed by atoms with Crippen LogP contribution in [0.3, 0.4) is 0 Å². The highest BCUT2D eigenvalue weighted by atomic mass is 16.4. The molecule has 2 N–H and O–H groups in total. The van der Waals surface area contributed by atoms with E-state index in [0.717, 1.165) is 6.54 Å². The summed E-state index contributed by atoms with van der Waals surface area (Å²) in [6, 6.07) is -0.0643. The lowest BCUT2D eigenvalue weighted by atomic mass is 9.74. The smallest absolute Gasteiger partial charge is 0.318 e. The van der Waals surface area contributed by atoms with Crippen LogP contribution in [0, 0.1) is 11.3 Å². The van der Waals surface area contributed by atoms with Gasteiger partial charge in [0.25, 0.3) is 0 Å². The van der Waals surface area contributed by atoms with Crippen LogP contribution in [0.5, 0.6) is 0 Å².